The molecule has 20 heavy (non-hydrogen) atoms. The van der Waals surface area contributed by atoms with Gasteiger partial charge < -0.3 is 9.47 Å². The first-order valence-corrected chi connectivity index (χ1v) is 5.77. The Bertz CT molecular complexity index is 686. The van der Waals surface area contributed by atoms with Crippen molar-refractivity contribution >= 4 is 17.7 Å². The highest BCUT2D eigenvalue weighted by atomic mass is 16.7. The molecule has 2 aromatic rings. The van der Waals surface area contributed by atoms with E-state index >= 15 is 0 Å². The highest BCUT2D eigenvalue weighted by molar-refractivity contribution is 5.88. The molecule has 7 heteroatoms. The maximum absolute atomic E-state index is 11.1. The molecule has 2 heterocycles. The Kier molecular flexibility index (Phi) is 3.00. The SMILES string of the molecule is O=[N+]([O-])c1cc2c(cc1C=Nc1ccccn1)OCO2. The fourth-order valence-electron chi connectivity index (χ4n) is 1.77. The molecule has 7 nitrogen and oxygen atoms in total. The molecule has 0 atom stereocenters. The van der Waals surface area contributed by atoms with E-state index in [-0.39, 0.29) is 12.5 Å². The molecule has 0 saturated carbocycles. The van der Waals surface area contributed by atoms with E-state index in [1.807, 2.05) is 0 Å². The van der Waals surface area contributed by atoms with Gasteiger partial charge in [-0.25, -0.2) is 9.98 Å². The lowest BCUT2D eigenvalue weighted by molar-refractivity contribution is -0.385. The van der Waals surface area contributed by atoms with Crippen LogP contribution >= 0.6 is 0 Å². The number of ether oxygens (including phenoxy) is 2. The third kappa shape index (κ3) is 2.28. The maximum Gasteiger partial charge on any atom is 0.282 e. The summed E-state index contributed by atoms with van der Waals surface area (Å²) in [6.45, 7) is 0.0628. The largest absolute Gasteiger partial charge is 0.454 e. The highest BCUT2D eigenvalue weighted by Gasteiger charge is 2.22. The summed E-state index contributed by atoms with van der Waals surface area (Å²) in [6.07, 6.45) is 2.99. The van der Waals surface area contributed by atoms with Crippen molar-refractivity contribution in [3.63, 3.8) is 0 Å². The number of hydrogen-bond acceptors (Lipinski definition) is 6. The predicted octanol–water partition coefficient (Wildman–Crippen LogP) is 2.47. The van der Waals surface area contributed by atoms with Gasteiger partial charge in [0, 0.05) is 12.4 Å². The Labute approximate surface area is 113 Å². The fourth-order valence-corrected chi connectivity index (χ4v) is 1.77. The minimum atomic E-state index is -0.484. The van der Waals surface area contributed by atoms with Crippen molar-refractivity contribution in [1.82, 2.24) is 4.98 Å². The zero-order valence-corrected chi connectivity index (χ0v) is 10.2. The van der Waals surface area contributed by atoms with E-state index in [9.17, 15) is 10.1 Å². The first kappa shape index (κ1) is 12.1. The lowest BCUT2D eigenvalue weighted by Crippen LogP contribution is -1.95. The fraction of sp³-hybridized carbons (Fsp3) is 0.0769. The molecule has 1 aliphatic rings. The molecule has 0 fully saturated rings. The molecular weight excluding hydrogens is 262 g/mol. The molecule has 0 unspecified atom stereocenters. The molecule has 0 bridgehead atoms. The zero-order valence-electron chi connectivity index (χ0n) is 10.2. The first-order chi connectivity index (χ1) is 9.74. The second kappa shape index (κ2) is 4.96. The van der Waals surface area contributed by atoms with Crippen LogP contribution in [0.3, 0.4) is 0 Å². The molecule has 1 aromatic carbocycles. The Hall–Kier alpha value is -2.96. The lowest BCUT2D eigenvalue weighted by Gasteiger charge is -2.00. The molecule has 0 aliphatic carbocycles. The van der Waals surface area contributed by atoms with E-state index < -0.39 is 4.92 Å². The summed E-state index contributed by atoms with van der Waals surface area (Å²) < 4.78 is 10.3. The van der Waals surface area contributed by atoms with Crippen LogP contribution in [0.15, 0.2) is 41.5 Å². The van der Waals surface area contributed by atoms with Crippen LogP contribution < -0.4 is 9.47 Å². The summed E-state index contributed by atoms with van der Waals surface area (Å²) >= 11 is 0. The normalized spacial score (nSPS) is 12.8. The van der Waals surface area contributed by atoms with Crippen molar-refractivity contribution in [3.8, 4) is 11.5 Å². The molecule has 1 aromatic heterocycles. The molecular formula is C13H9N3O4. The van der Waals surface area contributed by atoms with Crippen LogP contribution in [0.2, 0.25) is 0 Å². The van der Waals surface area contributed by atoms with Crippen molar-refractivity contribution in [2.75, 3.05) is 6.79 Å². The van der Waals surface area contributed by atoms with Crippen LogP contribution in [-0.2, 0) is 0 Å². The summed E-state index contributed by atoms with van der Waals surface area (Å²) in [5, 5.41) is 11.1. The number of aliphatic imine (C=N–C) groups is 1. The number of nitro groups is 1. The Balaban J connectivity index is 2.00. The standard InChI is InChI=1S/C13H9N3O4/c17-16(18)10-6-12-11(19-8-20-12)5-9(10)7-15-13-3-1-2-4-14-13/h1-7H,8H2. The molecule has 0 amide bonds. The van der Waals surface area contributed by atoms with Crippen LogP contribution in [-0.4, -0.2) is 22.9 Å². The van der Waals surface area contributed by atoms with Gasteiger partial charge in [-0.3, -0.25) is 10.1 Å². The molecule has 0 radical (unpaired) electrons. The molecule has 100 valence electrons. The number of fused-ring (bicyclic) bond motifs is 1. The molecule has 3 rings (SSSR count). The van der Waals surface area contributed by atoms with Crippen molar-refractivity contribution < 1.29 is 14.4 Å². The third-order valence-corrected chi connectivity index (χ3v) is 2.70. The molecule has 1 aliphatic heterocycles. The maximum atomic E-state index is 11.1. The minimum Gasteiger partial charge on any atom is -0.454 e. The molecule has 0 N–H and O–H groups in total. The van der Waals surface area contributed by atoms with Gasteiger partial charge in [-0.2, -0.15) is 0 Å². The zero-order chi connectivity index (χ0) is 13.9. The monoisotopic (exact) mass is 271 g/mol. The van der Waals surface area contributed by atoms with E-state index in [0.29, 0.717) is 22.9 Å². The van der Waals surface area contributed by atoms with Crippen molar-refractivity contribution in [2.24, 2.45) is 4.99 Å². The van der Waals surface area contributed by atoms with Crippen LogP contribution in [0.4, 0.5) is 11.5 Å². The highest BCUT2D eigenvalue weighted by Crippen LogP contribution is 2.37. The number of benzene rings is 1. The van der Waals surface area contributed by atoms with E-state index in [1.165, 1.54) is 18.3 Å². The third-order valence-electron chi connectivity index (χ3n) is 2.70. The Morgan fingerprint density at radius 2 is 2.10 bits per heavy atom. The Morgan fingerprint density at radius 3 is 2.80 bits per heavy atom. The number of pyridine rings is 1. The van der Waals surface area contributed by atoms with Crippen molar-refractivity contribution in [3.05, 3.63) is 52.2 Å². The number of nitro benzene ring substituents is 1. The van der Waals surface area contributed by atoms with Gasteiger partial charge in [-0.05, 0) is 18.2 Å². The van der Waals surface area contributed by atoms with Gasteiger partial charge in [0.25, 0.3) is 5.69 Å². The topological polar surface area (TPSA) is 86.9 Å². The van der Waals surface area contributed by atoms with Crippen LogP contribution in [0, 0.1) is 10.1 Å². The van der Waals surface area contributed by atoms with Gasteiger partial charge in [0.1, 0.15) is 0 Å². The number of nitrogens with zero attached hydrogens (tertiary/aromatic N) is 3. The average molecular weight is 271 g/mol. The molecule has 0 spiro atoms. The van der Waals surface area contributed by atoms with Crippen LogP contribution in [0.5, 0.6) is 11.5 Å². The molecule has 0 saturated heterocycles. The lowest BCUT2D eigenvalue weighted by atomic mass is 10.1. The predicted molar refractivity (Wildman–Crippen MR) is 70.7 cm³/mol. The average Bonchev–Trinajstić information content (AvgIpc) is 2.92. The van der Waals surface area contributed by atoms with Gasteiger partial charge in [-0.1, -0.05) is 6.07 Å². The van der Waals surface area contributed by atoms with E-state index in [1.54, 1.807) is 24.4 Å². The van der Waals surface area contributed by atoms with Crippen molar-refractivity contribution in [1.29, 1.82) is 0 Å². The second-order valence-corrected chi connectivity index (χ2v) is 3.97. The smallest absolute Gasteiger partial charge is 0.282 e. The van der Waals surface area contributed by atoms with E-state index in [2.05, 4.69) is 9.98 Å². The summed E-state index contributed by atoms with van der Waals surface area (Å²) in [5.41, 5.74) is 0.249. The second-order valence-electron chi connectivity index (χ2n) is 3.97. The summed E-state index contributed by atoms with van der Waals surface area (Å²) in [6, 6.07) is 8.13. The van der Waals surface area contributed by atoms with Crippen LogP contribution in [0.1, 0.15) is 5.56 Å². The summed E-state index contributed by atoms with van der Waals surface area (Å²) in [7, 11) is 0. The number of rotatable bonds is 3. The van der Waals surface area contributed by atoms with E-state index in [4.69, 9.17) is 9.47 Å². The minimum absolute atomic E-state index is 0.0628. The van der Waals surface area contributed by atoms with E-state index in [0.717, 1.165) is 0 Å². The summed E-state index contributed by atoms with van der Waals surface area (Å²) in [4.78, 5) is 18.7. The van der Waals surface area contributed by atoms with Gasteiger partial charge in [0.05, 0.1) is 16.6 Å². The summed E-state index contributed by atoms with van der Waals surface area (Å²) in [5.74, 6) is 1.31. The van der Waals surface area contributed by atoms with Gasteiger partial charge >= 0.3 is 0 Å². The van der Waals surface area contributed by atoms with Gasteiger partial charge in [0.2, 0.25) is 6.79 Å². The van der Waals surface area contributed by atoms with Crippen molar-refractivity contribution in [2.45, 2.75) is 0 Å². The van der Waals surface area contributed by atoms with Crippen LogP contribution in [0.25, 0.3) is 0 Å². The van der Waals surface area contributed by atoms with Gasteiger partial charge in [0.15, 0.2) is 17.3 Å². The quantitative estimate of drug-likeness (QED) is 0.486. The van der Waals surface area contributed by atoms with Gasteiger partial charge in [-0.15, -0.1) is 0 Å². The first-order valence-electron chi connectivity index (χ1n) is 5.77. The number of aromatic nitrogens is 1. The number of hydrogen-bond donors (Lipinski definition) is 0. The Morgan fingerprint density at radius 1 is 1.30 bits per heavy atom.